The summed E-state index contributed by atoms with van der Waals surface area (Å²) in [4.78, 5) is 0. The Balaban J connectivity index is 2.34. The van der Waals surface area contributed by atoms with Crippen molar-refractivity contribution in [3.8, 4) is 0 Å². The maximum absolute atomic E-state index is 13.9. The van der Waals surface area contributed by atoms with E-state index >= 15 is 0 Å². The summed E-state index contributed by atoms with van der Waals surface area (Å²) in [6.07, 6.45) is 0.453. The van der Waals surface area contributed by atoms with Gasteiger partial charge in [0, 0.05) is 16.6 Å². The number of likely N-dealkylation sites (N-methyl/N-ethyl adjacent to an activating group) is 1. The monoisotopic (exact) mass is 315 g/mol. The topological polar surface area (TPSA) is 12.0 Å². The van der Waals surface area contributed by atoms with Crippen LogP contribution in [0.5, 0.6) is 0 Å². The molecule has 1 atom stereocenters. The molecule has 0 spiro atoms. The average Bonchev–Trinajstić information content (AvgIpc) is 2.42. The lowest BCUT2D eigenvalue weighted by atomic mass is 9.98. The summed E-state index contributed by atoms with van der Waals surface area (Å²) in [5.74, 6) is -1.18. The molecule has 0 fully saturated rings. The van der Waals surface area contributed by atoms with Crippen molar-refractivity contribution in [3.05, 3.63) is 69.2 Å². The minimum absolute atomic E-state index is 0.223. The molecule has 0 saturated carbocycles. The van der Waals surface area contributed by atoms with Crippen molar-refractivity contribution in [1.82, 2.24) is 5.32 Å². The maximum Gasteiger partial charge on any atom is 0.142 e. The Bertz CT molecular complexity index is 617. The summed E-state index contributed by atoms with van der Waals surface area (Å²) in [6.45, 7) is 0. The Morgan fingerprint density at radius 2 is 1.75 bits per heavy atom. The largest absolute Gasteiger partial charge is 0.313 e. The molecule has 0 amide bonds. The standard InChI is InChI=1S/C15H13Cl2F2N/c1-20-15(6-9-4-2-3-5-11(9)16)10-7-14(19)12(17)8-13(10)18/h2-5,7-8,15,20H,6H2,1H3. The van der Waals surface area contributed by atoms with Crippen LogP contribution < -0.4 is 5.32 Å². The molecule has 1 nitrogen and oxygen atoms in total. The van der Waals surface area contributed by atoms with E-state index in [1.165, 1.54) is 0 Å². The molecule has 106 valence electrons. The third-order valence-electron chi connectivity index (χ3n) is 3.15. The highest BCUT2D eigenvalue weighted by Gasteiger charge is 2.18. The number of hydrogen-bond donors (Lipinski definition) is 1. The minimum Gasteiger partial charge on any atom is -0.313 e. The molecule has 1 unspecified atom stereocenters. The van der Waals surface area contributed by atoms with Gasteiger partial charge in [-0.25, -0.2) is 8.78 Å². The van der Waals surface area contributed by atoms with Gasteiger partial charge in [0.1, 0.15) is 11.6 Å². The zero-order valence-corrected chi connectivity index (χ0v) is 12.3. The molecule has 0 aromatic heterocycles. The quantitative estimate of drug-likeness (QED) is 0.801. The van der Waals surface area contributed by atoms with Crippen LogP contribution in [-0.2, 0) is 6.42 Å². The summed E-state index contributed by atoms with van der Waals surface area (Å²) in [5, 5.41) is 3.35. The molecule has 0 radical (unpaired) electrons. The molecule has 0 saturated heterocycles. The van der Waals surface area contributed by atoms with Gasteiger partial charge in [-0.2, -0.15) is 0 Å². The maximum atomic E-state index is 13.9. The lowest BCUT2D eigenvalue weighted by Gasteiger charge is -2.18. The van der Waals surface area contributed by atoms with Crippen LogP contribution in [0.3, 0.4) is 0 Å². The van der Waals surface area contributed by atoms with Crippen LogP contribution in [0.1, 0.15) is 17.2 Å². The first-order chi connectivity index (χ1) is 9.52. The molecule has 5 heteroatoms. The zero-order valence-electron chi connectivity index (χ0n) is 10.8. The fraction of sp³-hybridized carbons (Fsp3) is 0.200. The van der Waals surface area contributed by atoms with Gasteiger partial charge in [0.15, 0.2) is 0 Å². The molecule has 0 aliphatic heterocycles. The number of hydrogen-bond acceptors (Lipinski definition) is 1. The third kappa shape index (κ3) is 3.29. The lowest BCUT2D eigenvalue weighted by Crippen LogP contribution is -2.20. The van der Waals surface area contributed by atoms with Gasteiger partial charge in [0.05, 0.1) is 5.02 Å². The second-order valence-electron chi connectivity index (χ2n) is 4.42. The molecule has 2 rings (SSSR count). The molecule has 0 aliphatic carbocycles. The van der Waals surface area contributed by atoms with Crippen LogP contribution in [0.15, 0.2) is 36.4 Å². The highest BCUT2D eigenvalue weighted by Crippen LogP contribution is 2.28. The fourth-order valence-corrected chi connectivity index (χ4v) is 2.42. The Labute approximate surface area is 126 Å². The summed E-state index contributed by atoms with van der Waals surface area (Å²) in [7, 11) is 1.69. The minimum atomic E-state index is -0.637. The van der Waals surface area contributed by atoms with E-state index in [-0.39, 0.29) is 16.6 Å². The van der Waals surface area contributed by atoms with Gasteiger partial charge in [-0.05, 0) is 37.2 Å². The second-order valence-corrected chi connectivity index (χ2v) is 5.24. The Morgan fingerprint density at radius 1 is 1.05 bits per heavy atom. The van der Waals surface area contributed by atoms with Crippen LogP contribution >= 0.6 is 23.2 Å². The Kier molecular flexibility index (Phi) is 4.97. The van der Waals surface area contributed by atoms with Crippen LogP contribution in [0.2, 0.25) is 10.0 Å². The van der Waals surface area contributed by atoms with Gasteiger partial charge < -0.3 is 5.32 Å². The van der Waals surface area contributed by atoms with E-state index in [1.807, 2.05) is 18.2 Å². The predicted octanol–water partition coefficient (Wildman–Crippen LogP) is 4.77. The normalized spacial score (nSPS) is 12.4. The fourth-order valence-electron chi connectivity index (χ4n) is 2.06. The van der Waals surface area contributed by atoms with E-state index in [4.69, 9.17) is 23.2 Å². The summed E-state index contributed by atoms with van der Waals surface area (Å²) in [6, 6.07) is 9.02. The highest BCUT2D eigenvalue weighted by atomic mass is 35.5. The van der Waals surface area contributed by atoms with E-state index in [2.05, 4.69) is 5.32 Å². The molecule has 0 aliphatic rings. The molecular formula is C15H13Cl2F2N. The van der Waals surface area contributed by atoms with E-state index in [9.17, 15) is 8.78 Å². The van der Waals surface area contributed by atoms with Crippen molar-refractivity contribution in [2.24, 2.45) is 0 Å². The van der Waals surface area contributed by atoms with Crippen molar-refractivity contribution in [2.75, 3.05) is 7.05 Å². The first kappa shape index (κ1) is 15.2. The van der Waals surface area contributed by atoms with Gasteiger partial charge in [-0.1, -0.05) is 41.4 Å². The van der Waals surface area contributed by atoms with Crippen molar-refractivity contribution < 1.29 is 8.78 Å². The first-order valence-corrected chi connectivity index (χ1v) is 6.83. The Morgan fingerprint density at radius 3 is 2.40 bits per heavy atom. The first-order valence-electron chi connectivity index (χ1n) is 6.08. The average molecular weight is 316 g/mol. The SMILES string of the molecule is CNC(Cc1ccccc1Cl)c1cc(F)c(Cl)cc1F. The van der Waals surface area contributed by atoms with Crippen molar-refractivity contribution in [3.63, 3.8) is 0 Å². The number of rotatable bonds is 4. The molecule has 0 heterocycles. The number of benzene rings is 2. The summed E-state index contributed by atoms with van der Waals surface area (Å²) >= 11 is 11.7. The van der Waals surface area contributed by atoms with E-state index in [1.54, 1.807) is 13.1 Å². The van der Waals surface area contributed by atoms with Crippen LogP contribution in [0, 0.1) is 11.6 Å². The highest BCUT2D eigenvalue weighted by molar-refractivity contribution is 6.31. The van der Waals surface area contributed by atoms with Crippen LogP contribution in [0.25, 0.3) is 0 Å². The molecule has 2 aromatic carbocycles. The zero-order chi connectivity index (χ0) is 14.7. The molecule has 1 N–H and O–H groups in total. The second kappa shape index (κ2) is 6.53. The van der Waals surface area contributed by atoms with Gasteiger partial charge in [0.25, 0.3) is 0 Å². The number of nitrogens with one attached hydrogen (secondary N) is 1. The number of halogens is 4. The summed E-state index contributed by atoms with van der Waals surface area (Å²) in [5.41, 5.74) is 1.09. The third-order valence-corrected chi connectivity index (χ3v) is 3.80. The predicted molar refractivity (Wildman–Crippen MR) is 78.3 cm³/mol. The van der Waals surface area contributed by atoms with E-state index in [0.29, 0.717) is 11.4 Å². The van der Waals surface area contributed by atoms with Gasteiger partial charge in [-0.15, -0.1) is 0 Å². The molecule has 20 heavy (non-hydrogen) atoms. The molecule has 2 aromatic rings. The summed E-state index contributed by atoms with van der Waals surface area (Å²) < 4.78 is 27.5. The van der Waals surface area contributed by atoms with Crippen LogP contribution in [0.4, 0.5) is 8.78 Å². The van der Waals surface area contributed by atoms with Crippen molar-refractivity contribution >= 4 is 23.2 Å². The van der Waals surface area contributed by atoms with Gasteiger partial charge >= 0.3 is 0 Å². The Hall–Kier alpha value is -1.16. The van der Waals surface area contributed by atoms with Crippen molar-refractivity contribution in [1.29, 1.82) is 0 Å². The smallest absolute Gasteiger partial charge is 0.142 e. The molecular weight excluding hydrogens is 303 g/mol. The van der Waals surface area contributed by atoms with Gasteiger partial charge in [0.2, 0.25) is 0 Å². The van der Waals surface area contributed by atoms with E-state index < -0.39 is 11.6 Å². The van der Waals surface area contributed by atoms with Gasteiger partial charge in [-0.3, -0.25) is 0 Å². The molecule has 0 bridgehead atoms. The van der Waals surface area contributed by atoms with Crippen molar-refractivity contribution in [2.45, 2.75) is 12.5 Å². The van der Waals surface area contributed by atoms with E-state index in [0.717, 1.165) is 17.7 Å². The van der Waals surface area contributed by atoms with Crippen LogP contribution in [-0.4, -0.2) is 7.05 Å². The lowest BCUT2D eigenvalue weighted by molar-refractivity contribution is 0.523.